The van der Waals surface area contributed by atoms with Crippen LogP contribution in [0.4, 0.5) is 10.2 Å². The molecule has 0 saturated heterocycles. The summed E-state index contributed by atoms with van der Waals surface area (Å²) in [6, 6.07) is 15.6. The Labute approximate surface area is 169 Å². The number of hydrogen-bond donors (Lipinski definition) is 1. The van der Waals surface area contributed by atoms with E-state index in [-0.39, 0.29) is 11.9 Å². The average Bonchev–Trinajstić information content (AvgIpc) is 3.40. The van der Waals surface area contributed by atoms with Crippen molar-refractivity contribution in [1.29, 1.82) is 0 Å². The van der Waals surface area contributed by atoms with Crippen LogP contribution >= 0.6 is 0 Å². The van der Waals surface area contributed by atoms with Gasteiger partial charge < -0.3 is 19.6 Å². The fraction of sp³-hybridized carbons (Fsp3) is 0.136. The summed E-state index contributed by atoms with van der Waals surface area (Å²) >= 11 is 0. The van der Waals surface area contributed by atoms with Gasteiger partial charge in [-0.1, -0.05) is 23.4 Å². The van der Waals surface area contributed by atoms with Crippen molar-refractivity contribution in [2.75, 3.05) is 12.3 Å². The molecule has 3 aromatic heterocycles. The molecule has 0 spiro atoms. The largest absolute Gasteiger partial charge is 0.382 e. The molecule has 0 saturated carbocycles. The summed E-state index contributed by atoms with van der Waals surface area (Å²) in [7, 11) is 0. The number of nitrogens with two attached hydrogens (primary N) is 1. The van der Waals surface area contributed by atoms with E-state index in [0.29, 0.717) is 36.0 Å². The van der Waals surface area contributed by atoms with Gasteiger partial charge in [0.05, 0.1) is 17.6 Å². The Morgan fingerprint density at radius 2 is 1.90 bits per heavy atom. The molecule has 5 aromatic rings. The predicted octanol–water partition coefficient (Wildman–Crippen LogP) is 4.08. The number of fused-ring (bicyclic) bond motifs is 5. The highest BCUT2D eigenvalue weighted by atomic mass is 19.1. The molecule has 7 nitrogen and oxygen atoms in total. The lowest BCUT2D eigenvalue weighted by molar-refractivity contribution is 0.0602. The number of anilines is 1. The fourth-order valence-corrected chi connectivity index (χ4v) is 4.06. The lowest BCUT2D eigenvalue weighted by Gasteiger charge is -2.24. The Bertz CT molecular complexity index is 1410. The van der Waals surface area contributed by atoms with E-state index in [1.165, 1.54) is 12.1 Å². The van der Waals surface area contributed by atoms with Crippen molar-refractivity contribution in [3.63, 3.8) is 0 Å². The van der Waals surface area contributed by atoms with E-state index >= 15 is 0 Å². The minimum absolute atomic E-state index is 0.259. The molecule has 148 valence electrons. The maximum atomic E-state index is 13.3. The van der Waals surface area contributed by atoms with Crippen molar-refractivity contribution in [3.05, 3.63) is 72.0 Å². The summed E-state index contributed by atoms with van der Waals surface area (Å²) in [5, 5.41) is 5.15. The fourth-order valence-electron chi connectivity index (χ4n) is 4.06. The van der Waals surface area contributed by atoms with Crippen molar-refractivity contribution < 1.29 is 13.7 Å². The third-order valence-electron chi connectivity index (χ3n) is 5.44. The van der Waals surface area contributed by atoms with Crippen LogP contribution in [0.25, 0.3) is 33.2 Å². The van der Waals surface area contributed by atoms with Crippen molar-refractivity contribution in [1.82, 2.24) is 19.7 Å². The lowest BCUT2D eigenvalue weighted by Crippen LogP contribution is -2.24. The van der Waals surface area contributed by atoms with Crippen molar-refractivity contribution in [2.45, 2.75) is 12.6 Å². The van der Waals surface area contributed by atoms with E-state index in [4.69, 9.17) is 20.0 Å². The van der Waals surface area contributed by atoms with Gasteiger partial charge in [-0.3, -0.25) is 0 Å². The number of imidazole rings is 1. The van der Waals surface area contributed by atoms with Gasteiger partial charge >= 0.3 is 0 Å². The topological polar surface area (TPSA) is 92.0 Å². The first-order valence-electron chi connectivity index (χ1n) is 9.54. The van der Waals surface area contributed by atoms with Crippen molar-refractivity contribution in [2.24, 2.45) is 0 Å². The van der Waals surface area contributed by atoms with Gasteiger partial charge in [0.1, 0.15) is 35.5 Å². The van der Waals surface area contributed by atoms with Crippen LogP contribution in [0.1, 0.15) is 17.6 Å². The van der Waals surface area contributed by atoms with Gasteiger partial charge in [0.25, 0.3) is 0 Å². The number of aromatic nitrogens is 4. The Morgan fingerprint density at radius 1 is 1.07 bits per heavy atom. The number of nitrogens with zero attached hydrogens (tertiary/aromatic N) is 4. The third-order valence-corrected chi connectivity index (χ3v) is 5.44. The summed E-state index contributed by atoms with van der Waals surface area (Å²) < 4.78 is 26.8. The van der Waals surface area contributed by atoms with Gasteiger partial charge in [0.2, 0.25) is 0 Å². The predicted molar refractivity (Wildman–Crippen MR) is 109 cm³/mol. The number of pyridine rings is 1. The van der Waals surface area contributed by atoms with Crippen LogP contribution < -0.4 is 5.73 Å². The van der Waals surface area contributed by atoms with E-state index in [1.54, 1.807) is 12.1 Å². The van der Waals surface area contributed by atoms with Gasteiger partial charge in [-0.15, -0.1) is 0 Å². The highest BCUT2D eigenvalue weighted by Gasteiger charge is 2.30. The zero-order valence-electron chi connectivity index (χ0n) is 15.7. The van der Waals surface area contributed by atoms with E-state index in [1.807, 2.05) is 30.3 Å². The molecule has 6 rings (SSSR count). The summed E-state index contributed by atoms with van der Waals surface area (Å²) in [6.07, 6.45) is 0. The minimum Gasteiger partial charge on any atom is -0.382 e. The van der Waals surface area contributed by atoms with E-state index in [9.17, 15) is 4.39 Å². The molecule has 0 aliphatic carbocycles. The molecule has 8 heteroatoms. The SMILES string of the molecule is Nc1nc2ccccc2c2c1nc1n2[C@@H](c2cc(-c3ccc(F)cc3)no2)COC1. The van der Waals surface area contributed by atoms with Crippen LogP contribution in [-0.2, 0) is 11.3 Å². The number of hydrogen-bond acceptors (Lipinski definition) is 6. The van der Waals surface area contributed by atoms with E-state index < -0.39 is 0 Å². The molecule has 4 heterocycles. The Balaban J connectivity index is 1.54. The minimum atomic E-state index is -0.296. The summed E-state index contributed by atoms with van der Waals surface area (Å²) in [5.41, 5.74) is 9.98. The Morgan fingerprint density at radius 3 is 2.77 bits per heavy atom. The van der Waals surface area contributed by atoms with Crippen LogP contribution in [0.5, 0.6) is 0 Å². The zero-order chi connectivity index (χ0) is 20.2. The second-order valence-corrected chi connectivity index (χ2v) is 7.26. The number of halogens is 1. The van der Waals surface area contributed by atoms with Crippen molar-refractivity contribution >= 4 is 27.8 Å². The molecule has 0 fully saturated rings. The number of nitrogen functional groups attached to an aromatic ring is 1. The molecule has 0 bridgehead atoms. The first-order chi connectivity index (χ1) is 14.7. The highest BCUT2D eigenvalue weighted by molar-refractivity contribution is 6.06. The third kappa shape index (κ3) is 2.50. The molecular formula is C22H16FN5O2. The van der Waals surface area contributed by atoms with Crippen molar-refractivity contribution in [3.8, 4) is 11.3 Å². The molecule has 1 aliphatic rings. The second kappa shape index (κ2) is 6.36. The monoisotopic (exact) mass is 401 g/mol. The first kappa shape index (κ1) is 17.1. The van der Waals surface area contributed by atoms with Crippen LogP contribution in [-0.4, -0.2) is 26.3 Å². The molecule has 2 aromatic carbocycles. The molecule has 30 heavy (non-hydrogen) atoms. The highest BCUT2D eigenvalue weighted by Crippen LogP contribution is 2.36. The number of para-hydroxylation sites is 1. The molecular weight excluding hydrogens is 385 g/mol. The van der Waals surface area contributed by atoms with Crippen LogP contribution in [0.3, 0.4) is 0 Å². The van der Waals surface area contributed by atoms with Gasteiger partial charge in [-0.05, 0) is 30.3 Å². The lowest BCUT2D eigenvalue weighted by atomic mass is 10.1. The molecule has 0 radical (unpaired) electrons. The molecule has 2 N–H and O–H groups in total. The number of benzene rings is 2. The number of rotatable bonds is 2. The summed E-state index contributed by atoms with van der Waals surface area (Å²) in [4.78, 5) is 9.19. The van der Waals surface area contributed by atoms with E-state index in [2.05, 4.69) is 14.7 Å². The second-order valence-electron chi connectivity index (χ2n) is 7.26. The van der Waals surface area contributed by atoms with Gasteiger partial charge in [0.15, 0.2) is 11.6 Å². The molecule has 1 aliphatic heterocycles. The number of ether oxygens (including phenoxy) is 1. The Kier molecular flexibility index (Phi) is 3.63. The maximum Gasteiger partial charge on any atom is 0.162 e. The molecule has 0 amide bonds. The van der Waals surface area contributed by atoms with Gasteiger partial charge in [0, 0.05) is 17.0 Å². The van der Waals surface area contributed by atoms with Crippen LogP contribution in [0.2, 0.25) is 0 Å². The van der Waals surface area contributed by atoms with Gasteiger partial charge in [-0.25, -0.2) is 14.4 Å². The average molecular weight is 401 g/mol. The smallest absolute Gasteiger partial charge is 0.162 e. The van der Waals surface area contributed by atoms with E-state index in [0.717, 1.165) is 27.8 Å². The molecule has 0 unspecified atom stereocenters. The quantitative estimate of drug-likeness (QED) is 0.479. The van der Waals surface area contributed by atoms with Crippen LogP contribution in [0, 0.1) is 5.82 Å². The maximum absolute atomic E-state index is 13.3. The standard InChI is InChI=1S/C22H16FN5O2/c23-13-7-5-12(6-8-13)16-9-18(30-27-16)17-10-29-11-19-26-20-21(28(17)19)14-3-1-2-4-15(14)25-22(20)24/h1-9,17H,10-11H2,(H2,24,25)/t17-/m1/s1. The summed E-state index contributed by atoms with van der Waals surface area (Å²) in [6.45, 7) is 0.783. The zero-order valence-corrected chi connectivity index (χ0v) is 15.7. The van der Waals surface area contributed by atoms with Crippen LogP contribution in [0.15, 0.2) is 59.1 Å². The Hall–Kier alpha value is -3.78. The normalized spacial score (nSPS) is 16.2. The van der Waals surface area contributed by atoms with Gasteiger partial charge in [-0.2, -0.15) is 0 Å². The first-order valence-corrected chi connectivity index (χ1v) is 9.54. The molecule has 1 atom stereocenters. The summed E-state index contributed by atoms with van der Waals surface area (Å²) in [5.74, 6) is 1.48.